The number of nitrogens with one attached hydrogen (secondary N) is 1. The molecule has 1 N–H and O–H groups in total. The van der Waals surface area contributed by atoms with E-state index < -0.39 is 11.6 Å². The first-order chi connectivity index (χ1) is 10.2. The molecule has 1 aromatic carbocycles. The second-order valence-electron chi connectivity index (χ2n) is 4.96. The van der Waals surface area contributed by atoms with Gasteiger partial charge in [0, 0.05) is 11.6 Å². The Morgan fingerprint density at radius 1 is 1.19 bits per heavy atom. The molecule has 4 rings (SSSR count). The van der Waals surface area contributed by atoms with Crippen LogP contribution in [0.5, 0.6) is 0 Å². The third-order valence-electron chi connectivity index (χ3n) is 3.64. The number of anilines is 2. The number of aromatic nitrogens is 4. The highest BCUT2D eigenvalue weighted by Gasteiger charge is 2.21. The zero-order valence-corrected chi connectivity index (χ0v) is 11.0. The molecular weight excluding hydrogens is 276 g/mol. The predicted octanol–water partition coefficient (Wildman–Crippen LogP) is 2.63. The number of hydrogen-bond acceptors (Lipinski definition) is 4. The molecule has 0 spiro atoms. The second kappa shape index (κ2) is 4.47. The fourth-order valence-corrected chi connectivity index (χ4v) is 2.67. The van der Waals surface area contributed by atoms with Crippen molar-refractivity contribution in [3.63, 3.8) is 0 Å². The molecule has 1 aliphatic rings. The second-order valence-corrected chi connectivity index (χ2v) is 4.96. The summed E-state index contributed by atoms with van der Waals surface area (Å²) in [5, 5.41) is 7.13. The van der Waals surface area contributed by atoms with E-state index in [1.54, 1.807) is 4.52 Å². The molecule has 0 atom stereocenters. The fourth-order valence-electron chi connectivity index (χ4n) is 2.67. The molecule has 0 radical (unpaired) electrons. The molecule has 3 aromatic rings. The Labute approximate surface area is 118 Å². The minimum Gasteiger partial charge on any atom is -0.337 e. The smallest absolute Gasteiger partial charge is 0.254 e. The van der Waals surface area contributed by atoms with Gasteiger partial charge in [0.2, 0.25) is 0 Å². The molecule has 2 aromatic heterocycles. The number of hydrogen-bond donors (Lipinski definition) is 1. The van der Waals surface area contributed by atoms with E-state index in [-0.39, 0.29) is 5.69 Å². The van der Waals surface area contributed by atoms with E-state index in [0.717, 1.165) is 36.6 Å². The molecule has 0 bridgehead atoms. The highest BCUT2D eigenvalue weighted by Crippen LogP contribution is 2.30. The molecule has 0 amide bonds. The van der Waals surface area contributed by atoms with Crippen molar-refractivity contribution in [3.05, 3.63) is 47.4 Å². The minimum atomic E-state index is -0.646. The van der Waals surface area contributed by atoms with Crippen molar-refractivity contribution in [3.8, 4) is 0 Å². The van der Waals surface area contributed by atoms with E-state index >= 15 is 0 Å². The van der Waals surface area contributed by atoms with Crippen LogP contribution in [0.3, 0.4) is 0 Å². The monoisotopic (exact) mass is 287 g/mol. The molecule has 0 unspecified atom stereocenters. The van der Waals surface area contributed by atoms with Crippen molar-refractivity contribution >= 4 is 17.3 Å². The van der Waals surface area contributed by atoms with Crippen molar-refractivity contribution in [1.82, 2.24) is 19.6 Å². The van der Waals surface area contributed by atoms with Gasteiger partial charge in [-0.15, -0.1) is 0 Å². The first-order valence-electron chi connectivity index (χ1n) is 6.66. The SMILES string of the molecule is Fc1ccc(Nc2c3c(nc4ncnn24)CCC3)c(F)c1. The summed E-state index contributed by atoms with van der Waals surface area (Å²) in [4.78, 5) is 8.53. The maximum atomic E-state index is 13.9. The van der Waals surface area contributed by atoms with Crippen LogP contribution < -0.4 is 5.32 Å². The van der Waals surface area contributed by atoms with Crippen LogP contribution in [0.1, 0.15) is 17.7 Å². The Bertz CT molecular complexity index is 843. The summed E-state index contributed by atoms with van der Waals surface area (Å²) in [6.07, 6.45) is 4.13. The molecule has 106 valence electrons. The molecule has 7 heteroatoms. The van der Waals surface area contributed by atoms with Gasteiger partial charge in [-0.1, -0.05) is 0 Å². The summed E-state index contributed by atoms with van der Waals surface area (Å²) < 4.78 is 28.4. The van der Waals surface area contributed by atoms with Gasteiger partial charge in [0.05, 0.1) is 11.4 Å². The van der Waals surface area contributed by atoms with E-state index in [9.17, 15) is 8.78 Å². The van der Waals surface area contributed by atoms with E-state index in [1.165, 1.54) is 18.5 Å². The number of fused-ring (bicyclic) bond motifs is 2. The van der Waals surface area contributed by atoms with Crippen LogP contribution in [0.25, 0.3) is 5.78 Å². The molecule has 2 heterocycles. The first-order valence-corrected chi connectivity index (χ1v) is 6.66. The van der Waals surface area contributed by atoms with E-state index in [0.29, 0.717) is 11.6 Å². The van der Waals surface area contributed by atoms with E-state index in [1.807, 2.05) is 0 Å². The fraction of sp³-hybridized carbons (Fsp3) is 0.214. The molecule has 1 aliphatic carbocycles. The normalized spacial score (nSPS) is 13.6. The van der Waals surface area contributed by atoms with Gasteiger partial charge in [0.15, 0.2) is 0 Å². The van der Waals surface area contributed by atoms with Gasteiger partial charge in [0.1, 0.15) is 23.8 Å². The van der Waals surface area contributed by atoms with Crippen molar-refractivity contribution in [2.24, 2.45) is 0 Å². The highest BCUT2D eigenvalue weighted by atomic mass is 19.1. The standard InChI is InChI=1S/C14H11F2N5/c15-8-4-5-12(10(16)6-8)19-13-9-2-1-3-11(9)20-14-17-7-18-21(13)14/h4-7,19H,1-3H2. The maximum absolute atomic E-state index is 13.9. The van der Waals surface area contributed by atoms with Crippen LogP contribution in [-0.2, 0) is 12.8 Å². The third kappa shape index (κ3) is 1.93. The number of benzene rings is 1. The summed E-state index contributed by atoms with van der Waals surface area (Å²) in [5.74, 6) is -0.132. The van der Waals surface area contributed by atoms with Crippen molar-refractivity contribution in [2.75, 3.05) is 5.32 Å². The number of nitrogens with zero attached hydrogens (tertiary/aromatic N) is 4. The quantitative estimate of drug-likeness (QED) is 0.787. The lowest BCUT2D eigenvalue weighted by Gasteiger charge is -2.13. The lowest BCUT2D eigenvalue weighted by atomic mass is 10.2. The maximum Gasteiger partial charge on any atom is 0.254 e. The van der Waals surface area contributed by atoms with Gasteiger partial charge < -0.3 is 5.32 Å². The number of halogens is 2. The summed E-state index contributed by atoms with van der Waals surface area (Å²) in [6.45, 7) is 0. The zero-order valence-electron chi connectivity index (χ0n) is 11.0. The highest BCUT2D eigenvalue weighted by molar-refractivity contribution is 5.64. The summed E-state index contributed by atoms with van der Waals surface area (Å²) >= 11 is 0. The molecular formula is C14H11F2N5. The van der Waals surface area contributed by atoms with Gasteiger partial charge in [0.25, 0.3) is 5.78 Å². The Kier molecular flexibility index (Phi) is 2.60. The minimum absolute atomic E-state index is 0.202. The third-order valence-corrected chi connectivity index (χ3v) is 3.64. The van der Waals surface area contributed by atoms with Gasteiger partial charge in [-0.05, 0) is 31.4 Å². The van der Waals surface area contributed by atoms with Crippen LogP contribution >= 0.6 is 0 Å². The van der Waals surface area contributed by atoms with Crippen molar-refractivity contribution < 1.29 is 8.78 Å². The zero-order chi connectivity index (χ0) is 14.4. The van der Waals surface area contributed by atoms with Crippen molar-refractivity contribution in [2.45, 2.75) is 19.3 Å². The van der Waals surface area contributed by atoms with Crippen molar-refractivity contribution in [1.29, 1.82) is 0 Å². The lowest BCUT2D eigenvalue weighted by molar-refractivity contribution is 0.586. The summed E-state index contributed by atoms with van der Waals surface area (Å²) in [5.41, 5.74) is 2.17. The average Bonchev–Trinajstić information content (AvgIpc) is 3.09. The summed E-state index contributed by atoms with van der Waals surface area (Å²) in [7, 11) is 0. The molecule has 0 saturated heterocycles. The largest absolute Gasteiger partial charge is 0.337 e. The topological polar surface area (TPSA) is 55.1 Å². The van der Waals surface area contributed by atoms with Gasteiger partial charge in [-0.25, -0.2) is 13.8 Å². The van der Waals surface area contributed by atoms with Crippen LogP contribution in [0.4, 0.5) is 20.3 Å². The van der Waals surface area contributed by atoms with E-state index in [2.05, 4.69) is 20.4 Å². The Morgan fingerprint density at radius 3 is 2.95 bits per heavy atom. The first kappa shape index (κ1) is 12.2. The van der Waals surface area contributed by atoms with Crippen LogP contribution in [-0.4, -0.2) is 19.6 Å². The Balaban J connectivity index is 1.88. The molecule has 21 heavy (non-hydrogen) atoms. The van der Waals surface area contributed by atoms with Gasteiger partial charge in [-0.2, -0.15) is 14.6 Å². The van der Waals surface area contributed by atoms with Gasteiger partial charge in [-0.3, -0.25) is 0 Å². The van der Waals surface area contributed by atoms with Crippen LogP contribution in [0.15, 0.2) is 24.5 Å². The molecule has 5 nitrogen and oxygen atoms in total. The number of rotatable bonds is 2. The lowest BCUT2D eigenvalue weighted by Crippen LogP contribution is -2.07. The molecule has 0 saturated carbocycles. The Hall–Kier alpha value is -2.57. The molecule has 0 aliphatic heterocycles. The number of aryl methyl sites for hydroxylation is 1. The van der Waals surface area contributed by atoms with Crippen LogP contribution in [0, 0.1) is 11.6 Å². The van der Waals surface area contributed by atoms with Gasteiger partial charge >= 0.3 is 0 Å². The summed E-state index contributed by atoms with van der Waals surface area (Å²) in [6, 6.07) is 3.43. The van der Waals surface area contributed by atoms with Crippen LogP contribution in [0.2, 0.25) is 0 Å². The Morgan fingerprint density at radius 2 is 2.10 bits per heavy atom. The molecule has 0 fully saturated rings. The predicted molar refractivity (Wildman–Crippen MR) is 72.4 cm³/mol. The van der Waals surface area contributed by atoms with E-state index in [4.69, 9.17) is 0 Å². The average molecular weight is 287 g/mol.